The number of aromatic nitrogens is 1. The molecule has 0 saturated carbocycles. The lowest BCUT2D eigenvalue weighted by atomic mass is 10.3. The van der Waals surface area contributed by atoms with Gasteiger partial charge >= 0.3 is 0 Å². The third-order valence-electron chi connectivity index (χ3n) is 2.32. The van der Waals surface area contributed by atoms with Crippen molar-refractivity contribution < 1.29 is 13.2 Å². The molecule has 0 aliphatic rings. The number of ketones is 1. The summed E-state index contributed by atoms with van der Waals surface area (Å²) in [5.74, 6) is -0.948. The molecule has 5 heteroatoms. The molecule has 0 aliphatic carbocycles. The Labute approximate surface area is 99.2 Å². The molecule has 1 N–H and O–H groups in total. The number of hydrogen-bond acceptors (Lipinski definition) is 3. The third-order valence-corrected chi connectivity index (χ3v) is 3.95. The van der Waals surface area contributed by atoms with Gasteiger partial charge in [0.05, 0.1) is 10.6 Å². The number of benzene rings is 1. The van der Waals surface area contributed by atoms with E-state index in [2.05, 4.69) is 4.98 Å². The zero-order valence-corrected chi connectivity index (χ0v) is 9.78. The number of sulfone groups is 1. The van der Waals surface area contributed by atoms with E-state index in [1.807, 2.05) is 0 Å². The van der Waals surface area contributed by atoms with Gasteiger partial charge < -0.3 is 4.98 Å². The molecule has 1 aromatic heterocycles. The highest BCUT2D eigenvalue weighted by molar-refractivity contribution is 7.92. The predicted octanol–water partition coefficient (Wildman–Crippen LogP) is 1.67. The number of hydrogen-bond donors (Lipinski definition) is 1. The van der Waals surface area contributed by atoms with Crippen LogP contribution < -0.4 is 0 Å². The van der Waals surface area contributed by atoms with E-state index >= 15 is 0 Å². The first-order valence-corrected chi connectivity index (χ1v) is 6.69. The largest absolute Gasteiger partial charge is 0.359 e. The molecule has 0 amide bonds. The minimum absolute atomic E-state index is 0.167. The molecule has 0 spiro atoms. The Morgan fingerprint density at radius 3 is 2.35 bits per heavy atom. The molecule has 0 saturated heterocycles. The summed E-state index contributed by atoms with van der Waals surface area (Å²) in [4.78, 5) is 14.5. The second-order valence-electron chi connectivity index (χ2n) is 3.58. The van der Waals surface area contributed by atoms with Crippen LogP contribution in [0.3, 0.4) is 0 Å². The Balaban J connectivity index is 2.22. The number of carbonyl (C=O) groups excluding carboxylic acids is 1. The molecule has 88 valence electrons. The van der Waals surface area contributed by atoms with Crippen LogP contribution in [0.5, 0.6) is 0 Å². The summed E-state index contributed by atoms with van der Waals surface area (Å²) < 4.78 is 23.8. The van der Waals surface area contributed by atoms with E-state index in [0.717, 1.165) is 0 Å². The smallest absolute Gasteiger partial charge is 0.194 e. The highest BCUT2D eigenvalue weighted by Crippen LogP contribution is 2.11. The molecule has 4 nitrogen and oxygen atoms in total. The lowest BCUT2D eigenvalue weighted by Crippen LogP contribution is -2.16. The van der Waals surface area contributed by atoms with Crippen molar-refractivity contribution in [2.45, 2.75) is 4.90 Å². The lowest BCUT2D eigenvalue weighted by Gasteiger charge is -2.02. The summed E-state index contributed by atoms with van der Waals surface area (Å²) in [7, 11) is -3.56. The topological polar surface area (TPSA) is 67.0 Å². The van der Waals surface area contributed by atoms with Crippen molar-refractivity contribution in [3.63, 3.8) is 0 Å². The van der Waals surface area contributed by atoms with Gasteiger partial charge in [0.2, 0.25) is 0 Å². The van der Waals surface area contributed by atoms with Crippen LogP contribution >= 0.6 is 0 Å². The van der Waals surface area contributed by atoms with Crippen molar-refractivity contribution in [2.75, 3.05) is 5.75 Å². The van der Waals surface area contributed by atoms with Gasteiger partial charge in [-0.05, 0) is 24.3 Å². The maximum atomic E-state index is 11.9. The molecule has 17 heavy (non-hydrogen) atoms. The fourth-order valence-corrected chi connectivity index (χ4v) is 2.70. The Hall–Kier alpha value is -1.88. The maximum absolute atomic E-state index is 11.9. The highest BCUT2D eigenvalue weighted by Gasteiger charge is 2.20. The first kappa shape index (κ1) is 11.6. The zero-order valence-electron chi connectivity index (χ0n) is 8.96. The van der Waals surface area contributed by atoms with E-state index in [0.29, 0.717) is 5.69 Å². The van der Waals surface area contributed by atoms with Crippen LogP contribution in [0, 0.1) is 0 Å². The number of rotatable bonds is 4. The summed E-state index contributed by atoms with van der Waals surface area (Å²) in [5.41, 5.74) is 0.310. The summed E-state index contributed by atoms with van der Waals surface area (Å²) in [6.07, 6.45) is 1.59. The fourth-order valence-electron chi connectivity index (χ4n) is 1.47. The van der Waals surface area contributed by atoms with Crippen molar-refractivity contribution in [1.82, 2.24) is 4.98 Å². The average Bonchev–Trinajstić information content (AvgIpc) is 2.83. The second kappa shape index (κ2) is 4.55. The van der Waals surface area contributed by atoms with Crippen LogP contribution in [-0.4, -0.2) is 24.9 Å². The van der Waals surface area contributed by atoms with E-state index < -0.39 is 21.4 Å². The van der Waals surface area contributed by atoms with Crippen molar-refractivity contribution >= 4 is 15.6 Å². The molecular formula is C12H11NO3S. The van der Waals surface area contributed by atoms with Gasteiger partial charge in [-0.2, -0.15) is 0 Å². The molecule has 0 atom stereocenters. The molecule has 1 aromatic carbocycles. The summed E-state index contributed by atoms with van der Waals surface area (Å²) in [6.45, 7) is 0. The van der Waals surface area contributed by atoms with Gasteiger partial charge in [0.15, 0.2) is 15.6 Å². The molecule has 2 rings (SSSR count). The van der Waals surface area contributed by atoms with Crippen molar-refractivity contribution in [2.24, 2.45) is 0 Å². The van der Waals surface area contributed by atoms with Crippen LogP contribution in [0.4, 0.5) is 0 Å². The molecule has 0 radical (unpaired) electrons. The molecule has 0 aliphatic heterocycles. The quantitative estimate of drug-likeness (QED) is 0.838. The minimum Gasteiger partial charge on any atom is -0.359 e. The Morgan fingerprint density at radius 1 is 1.06 bits per heavy atom. The summed E-state index contributed by atoms with van der Waals surface area (Å²) in [5, 5.41) is 0. The van der Waals surface area contributed by atoms with Crippen LogP contribution in [0.2, 0.25) is 0 Å². The van der Waals surface area contributed by atoms with E-state index in [1.165, 1.54) is 12.1 Å². The van der Waals surface area contributed by atoms with Gasteiger partial charge in [0.25, 0.3) is 0 Å². The number of nitrogens with one attached hydrogen (secondary N) is 1. The van der Waals surface area contributed by atoms with Crippen molar-refractivity contribution in [3.8, 4) is 0 Å². The molecule has 0 bridgehead atoms. The number of aromatic amines is 1. The van der Waals surface area contributed by atoms with Gasteiger partial charge in [-0.3, -0.25) is 4.79 Å². The standard InChI is InChI=1S/C12H11NO3S/c14-12(11-7-4-8-13-11)9-17(15,16)10-5-2-1-3-6-10/h1-8,13H,9H2. The first-order chi connectivity index (χ1) is 8.09. The summed E-state index contributed by atoms with van der Waals surface area (Å²) in [6, 6.07) is 11.2. The molecule has 0 unspecified atom stereocenters. The van der Waals surface area contributed by atoms with E-state index in [1.54, 1.807) is 36.5 Å². The highest BCUT2D eigenvalue weighted by atomic mass is 32.2. The van der Waals surface area contributed by atoms with Gasteiger partial charge in [0, 0.05) is 6.20 Å². The lowest BCUT2D eigenvalue weighted by molar-refractivity contribution is 0.101. The fraction of sp³-hybridized carbons (Fsp3) is 0.0833. The van der Waals surface area contributed by atoms with Gasteiger partial charge in [-0.25, -0.2) is 8.42 Å². The van der Waals surface area contributed by atoms with Crippen LogP contribution in [0.1, 0.15) is 10.5 Å². The Morgan fingerprint density at radius 2 is 1.76 bits per heavy atom. The molecule has 1 heterocycles. The molecular weight excluding hydrogens is 238 g/mol. The number of carbonyl (C=O) groups is 1. The summed E-state index contributed by atoms with van der Waals surface area (Å²) >= 11 is 0. The minimum atomic E-state index is -3.56. The van der Waals surface area contributed by atoms with Crippen LogP contribution in [0.25, 0.3) is 0 Å². The molecule has 2 aromatic rings. The average molecular weight is 249 g/mol. The maximum Gasteiger partial charge on any atom is 0.194 e. The SMILES string of the molecule is O=C(CS(=O)(=O)c1ccccc1)c1ccc[nH]1. The van der Waals surface area contributed by atoms with Crippen molar-refractivity contribution in [1.29, 1.82) is 0 Å². The van der Waals surface area contributed by atoms with Crippen LogP contribution in [0.15, 0.2) is 53.6 Å². The van der Waals surface area contributed by atoms with E-state index in [4.69, 9.17) is 0 Å². The predicted molar refractivity (Wildman–Crippen MR) is 63.6 cm³/mol. The zero-order chi connectivity index (χ0) is 12.3. The monoisotopic (exact) mass is 249 g/mol. The Bertz CT molecular complexity index is 600. The van der Waals surface area contributed by atoms with E-state index in [9.17, 15) is 13.2 Å². The van der Waals surface area contributed by atoms with Gasteiger partial charge in [0.1, 0.15) is 5.75 Å². The number of Topliss-reactive ketones (excluding diaryl/α,β-unsaturated/α-hetero) is 1. The number of H-pyrrole nitrogens is 1. The van der Waals surface area contributed by atoms with Crippen molar-refractivity contribution in [3.05, 3.63) is 54.4 Å². The molecule has 0 fully saturated rings. The van der Waals surface area contributed by atoms with E-state index in [-0.39, 0.29) is 4.90 Å². The van der Waals surface area contributed by atoms with Gasteiger partial charge in [-0.15, -0.1) is 0 Å². The van der Waals surface area contributed by atoms with Crippen LogP contribution in [-0.2, 0) is 9.84 Å². The van der Waals surface area contributed by atoms with Gasteiger partial charge in [-0.1, -0.05) is 18.2 Å². The second-order valence-corrected chi connectivity index (χ2v) is 5.57. The Kier molecular flexibility index (Phi) is 3.10. The first-order valence-electron chi connectivity index (χ1n) is 5.04. The third kappa shape index (κ3) is 2.62. The normalized spacial score (nSPS) is 11.3.